The maximum absolute atomic E-state index is 12.0. The molecular formula is C14H20N2O3. The molecule has 0 saturated carbocycles. The number of nitrogens with one attached hydrogen (secondary N) is 2. The summed E-state index contributed by atoms with van der Waals surface area (Å²) < 4.78 is 10.6. The molecule has 1 aromatic rings. The van der Waals surface area contributed by atoms with Gasteiger partial charge in [-0.15, -0.1) is 0 Å². The van der Waals surface area contributed by atoms with E-state index in [-0.39, 0.29) is 11.9 Å². The van der Waals surface area contributed by atoms with Crippen LogP contribution in [0.1, 0.15) is 12.0 Å². The topological polar surface area (TPSA) is 59.6 Å². The fraction of sp³-hybridized carbons (Fsp3) is 0.500. The van der Waals surface area contributed by atoms with Crippen molar-refractivity contribution in [2.75, 3.05) is 32.2 Å². The van der Waals surface area contributed by atoms with E-state index < -0.39 is 0 Å². The molecule has 2 N–H and O–H groups in total. The van der Waals surface area contributed by atoms with Gasteiger partial charge in [-0.25, -0.2) is 0 Å². The Kier molecular flexibility index (Phi) is 4.76. The molecule has 1 amide bonds. The highest BCUT2D eigenvalue weighted by molar-refractivity contribution is 5.92. The molecule has 1 fully saturated rings. The molecule has 1 unspecified atom stereocenters. The number of anilines is 1. The standard InChI is InChI=1S/C14H20N2O3/c1-10-3-4-12(13(7-10)18-2)16-14(17)8-11-9-19-6-5-15-11/h3-4,7,11,15H,5-6,8-9H2,1-2H3,(H,16,17). The van der Waals surface area contributed by atoms with Crippen LogP contribution in [0.4, 0.5) is 5.69 Å². The van der Waals surface area contributed by atoms with Gasteiger partial charge in [0.25, 0.3) is 0 Å². The van der Waals surface area contributed by atoms with Crippen LogP contribution in [-0.4, -0.2) is 38.8 Å². The van der Waals surface area contributed by atoms with E-state index in [1.54, 1.807) is 7.11 Å². The van der Waals surface area contributed by atoms with Crippen LogP contribution >= 0.6 is 0 Å². The van der Waals surface area contributed by atoms with Crippen molar-refractivity contribution in [2.45, 2.75) is 19.4 Å². The van der Waals surface area contributed by atoms with E-state index in [0.717, 1.165) is 12.1 Å². The van der Waals surface area contributed by atoms with E-state index in [1.165, 1.54) is 0 Å². The highest BCUT2D eigenvalue weighted by Crippen LogP contribution is 2.25. The highest BCUT2D eigenvalue weighted by Gasteiger charge is 2.17. The summed E-state index contributed by atoms with van der Waals surface area (Å²) in [5.41, 5.74) is 1.80. The molecule has 0 aromatic heterocycles. The summed E-state index contributed by atoms with van der Waals surface area (Å²) >= 11 is 0. The second-order valence-corrected chi connectivity index (χ2v) is 4.68. The lowest BCUT2D eigenvalue weighted by atomic mass is 10.1. The maximum atomic E-state index is 12.0. The van der Waals surface area contributed by atoms with Crippen molar-refractivity contribution in [3.63, 3.8) is 0 Å². The summed E-state index contributed by atoms with van der Waals surface area (Å²) in [5.74, 6) is 0.645. The van der Waals surface area contributed by atoms with Gasteiger partial charge < -0.3 is 20.1 Å². The molecule has 5 nitrogen and oxygen atoms in total. The molecule has 1 aromatic carbocycles. The Hall–Kier alpha value is -1.59. The number of morpholine rings is 1. The predicted octanol–water partition coefficient (Wildman–Crippen LogP) is 1.32. The summed E-state index contributed by atoms with van der Waals surface area (Å²) in [4.78, 5) is 12.0. The third-order valence-electron chi connectivity index (χ3n) is 3.06. The molecule has 0 aliphatic carbocycles. The molecule has 104 valence electrons. The van der Waals surface area contributed by atoms with Crippen LogP contribution in [-0.2, 0) is 9.53 Å². The SMILES string of the molecule is COc1cc(C)ccc1NC(=O)CC1COCCN1. The molecule has 0 bridgehead atoms. The van der Waals surface area contributed by atoms with Gasteiger partial charge in [-0.3, -0.25) is 4.79 Å². The maximum Gasteiger partial charge on any atom is 0.226 e. The summed E-state index contributed by atoms with van der Waals surface area (Å²) in [7, 11) is 1.60. The quantitative estimate of drug-likeness (QED) is 0.861. The average Bonchev–Trinajstić information content (AvgIpc) is 2.42. The first-order chi connectivity index (χ1) is 9.19. The van der Waals surface area contributed by atoms with Gasteiger partial charge in [0.05, 0.1) is 26.0 Å². The fourth-order valence-corrected chi connectivity index (χ4v) is 2.08. The Bertz CT molecular complexity index is 442. The number of carbonyl (C=O) groups is 1. The Morgan fingerprint density at radius 2 is 2.42 bits per heavy atom. The summed E-state index contributed by atoms with van der Waals surface area (Å²) in [6.45, 7) is 4.07. The summed E-state index contributed by atoms with van der Waals surface area (Å²) in [6.07, 6.45) is 0.400. The second-order valence-electron chi connectivity index (χ2n) is 4.68. The molecule has 1 heterocycles. The van der Waals surface area contributed by atoms with Gasteiger partial charge in [0.1, 0.15) is 5.75 Å². The highest BCUT2D eigenvalue weighted by atomic mass is 16.5. The fourth-order valence-electron chi connectivity index (χ4n) is 2.08. The molecule has 0 radical (unpaired) electrons. The molecule has 2 rings (SSSR count). The van der Waals surface area contributed by atoms with Crippen molar-refractivity contribution < 1.29 is 14.3 Å². The zero-order valence-electron chi connectivity index (χ0n) is 11.4. The average molecular weight is 264 g/mol. The molecule has 0 spiro atoms. The number of hydrogen-bond acceptors (Lipinski definition) is 4. The Balaban J connectivity index is 1.94. The smallest absolute Gasteiger partial charge is 0.226 e. The second kappa shape index (κ2) is 6.54. The Morgan fingerprint density at radius 3 is 3.11 bits per heavy atom. The molecule has 5 heteroatoms. The number of amides is 1. The first-order valence-corrected chi connectivity index (χ1v) is 6.44. The van der Waals surface area contributed by atoms with Crippen LogP contribution in [0.5, 0.6) is 5.75 Å². The van der Waals surface area contributed by atoms with E-state index in [2.05, 4.69) is 10.6 Å². The minimum atomic E-state index is -0.0369. The number of methoxy groups -OCH3 is 1. The van der Waals surface area contributed by atoms with Crippen LogP contribution < -0.4 is 15.4 Å². The van der Waals surface area contributed by atoms with Crippen molar-refractivity contribution in [3.05, 3.63) is 23.8 Å². The molecule has 1 aliphatic heterocycles. The normalized spacial score (nSPS) is 18.9. The zero-order valence-corrected chi connectivity index (χ0v) is 11.4. The van der Waals surface area contributed by atoms with Crippen molar-refractivity contribution >= 4 is 11.6 Å². The Labute approximate surface area is 113 Å². The van der Waals surface area contributed by atoms with Crippen LogP contribution in [0.2, 0.25) is 0 Å². The van der Waals surface area contributed by atoms with Gasteiger partial charge in [0, 0.05) is 19.0 Å². The minimum absolute atomic E-state index is 0.0369. The monoisotopic (exact) mass is 264 g/mol. The lowest BCUT2D eigenvalue weighted by Crippen LogP contribution is -2.43. The van der Waals surface area contributed by atoms with Gasteiger partial charge in [-0.2, -0.15) is 0 Å². The van der Waals surface area contributed by atoms with E-state index >= 15 is 0 Å². The minimum Gasteiger partial charge on any atom is -0.495 e. The van der Waals surface area contributed by atoms with Gasteiger partial charge in [-0.1, -0.05) is 6.07 Å². The van der Waals surface area contributed by atoms with Crippen LogP contribution in [0, 0.1) is 6.92 Å². The lowest BCUT2D eigenvalue weighted by Gasteiger charge is -2.23. The van der Waals surface area contributed by atoms with Gasteiger partial charge in [0.2, 0.25) is 5.91 Å². The third-order valence-corrected chi connectivity index (χ3v) is 3.06. The summed E-state index contributed by atoms with van der Waals surface area (Å²) in [5, 5.41) is 6.13. The molecule has 1 saturated heterocycles. The number of rotatable bonds is 4. The largest absolute Gasteiger partial charge is 0.495 e. The predicted molar refractivity (Wildman–Crippen MR) is 73.6 cm³/mol. The van der Waals surface area contributed by atoms with Crippen molar-refractivity contribution in [3.8, 4) is 5.75 Å². The van der Waals surface area contributed by atoms with E-state index in [4.69, 9.17) is 9.47 Å². The molecule has 19 heavy (non-hydrogen) atoms. The van der Waals surface area contributed by atoms with Crippen molar-refractivity contribution in [1.82, 2.24) is 5.32 Å². The summed E-state index contributed by atoms with van der Waals surface area (Å²) in [6, 6.07) is 5.79. The number of hydrogen-bond donors (Lipinski definition) is 2. The van der Waals surface area contributed by atoms with E-state index in [0.29, 0.717) is 31.1 Å². The van der Waals surface area contributed by atoms with Gasteiger partial charge in [0.15, 0.2) is 0 Å². The van der Waals surface area contributed by atoms with Crippen LogP contribution in [0.3, 0.4) is 0 Å². The van der Waals surface area contributed by atoms with Crippen molar-refractivity contribution in [1.29, 1.82) is 0 Å². The van der Waals surface area contributed by atoms with Crippen molar-refractivity contribution in [2.24, 2.45) is 0 Å². The van der Waals surface area contributed by atoms with Crippen LogP contribution in [0.15, 0.2) is 18.2 Å². The first-order valence-electron chi connectivity index (χ1n) is 6.44. The number of carbonyl (C=O) groups excluding carboxylic acids is 1. The first kappa shape index (κ1) is 13.8. The number of ether oxygens (including phenoxy) is 2. The molecular weight excluding hydrogens is 244 g/mol. The third kappa shape index (κ3) is 3.94. The van der Waals surface area contributed by atoms with Crippen LogP contribution in [0.25, 0.3) is 0 Å². The zero-order chi connectivity index (χ0) is 13.7. The van der Waals surface area contributed by atoms with E-state index in [1.807, 2.05) is 25.1 Å². The van der Waals surface area contributed by atoms with Gasteiger partial charge in [-0.05, 0) is 24.6 Å². The number of benzene rings is 1. The lowest BCUT2D eigenvalue weighted by molar-refractivity contribution is -0.117. The molecule has 1 aliphatic rings. The van der Waals surface area contributed by atoms with Gasteiger partial charge >= 0.3 is 0 Å². The number of aryl methyl sites for hydroxylation is 1. The molecule has 1 atom stereocenters. The Morgan fingerprint density at radius 1 is 1.58 bits per heavy atom. The van der Waals surface area contributed by atoms with E-state index in [9.17, 15) is 4.79 Å².